The Balaban J connectivity index is 1.03. The number of hydrogen-bond acceptors (Lipinski definition) is 9. The average molecular weight is 794 g/mol. The minimum atomic E-state index is -0.705. The maximum atomic E-state index is 14.0. The molecule has 14 heteroatoms. The van der Waals surface area contributed by atoms with Crippen LogP contribution in [0.3, 0.4) is 0 Å². The average Bonchev–Trinajstić information content (AvgIpc) is 4.00. The Morgan fingerprint density at radius 3 is 2.53 bits per heavy atom. The molecule has 3 aliphatic heterocycles. The van der Waals surface area contributed by atoms with Crippen molar-refractivity contribution in [2.24, 2.45) is 11.8 Å². The Hall–Kier alpha value is -5.37. The molecule has 0 radical (unpaired) electrons. The number of nitrogens with one attached hydrogen (secondary N) is 3. The highest BCUT2D eigenvalue weighted by atomic mass is 16.6. The number of carbonyl (C=O) groups is 3. The SMILES string of the molecule is COC[C@H]1C[C@@H](c2ncc(-c3ccc4c(c3)COc3cc5c(cc3-4)CCc3[nH]c([C@@H]4CC[C@H](C)N4C(=O)[C@@H](NC(=O)OC)C(C)C)nc3-5)[nH]2)N(C(=O)OC(C)(C)C)C1. The molecule has 308 valence electrons. The van der Waals surface area contributed by atoms with Gasteiger partial charge in [-0.25, -0.2) is 19.6 Å². The molecule has 0 saturated carbocycles. The lowest BCUT2D eigenvalue weighted by molar-refractivity contribution is -0.137. The molecule has 58 heavy (non-hydrogen) atoms. The van der Waals surface area contributed by atoms with Gasteiger partial charge in [0.05, 0.1) is 43.4 Å². The maximum Gasteiger partial charge on any atom is 0.410 e. The molecule has 5 atom stereocenters. The van der Waals surface area contributed by atoms with E-state index in [0.29, 0.717) is 19.8 Å². The number of aryl methyl sites for hydroxylation is 2. The Morgan fingerprint density at radius 1 is 0.983 bits per heavy atom. The van der Waals surface area contributed by atoms with E-state index in [-0.39, 0.29) is 42.0 Å². The number of carbonyl (C=O) groups excluding carboxylic acids is 3. The van der Waals surface area contributed by atoms with Crippen LogP contribution in [0.2, 0.25) is 0 Å². The van der Waals surface area contributed by atoms with Crippen molar-refractivity contribution in [3.05, 3.63) is 65.0 Å². The normalized spacial score (nSPS) is 21.5. The molecule has 0 bridgehead atoms. The first-order valence-electron chi connectivity index (χ1n) is 20.5. The van der Waals surface area contributed by atoms with Crippen LogP contribution >= 0.6 is 0 Å². The number of nitrogens with zero attached hydrogens (tertiary/aromatic N) is 4. The van der Waals surface area contributed by atoms with Crippen molar-refractivity contribution in [1.82, 2.24) is 35.1 Å². The summed E-state index contributed by atoms with van der Waals surface area (Å²) in [6, 6.07) is 9.60. The Kier molecular flexibility index (Phi) is 10.5. The van der Waals surface area contributed by atoms with Crippen LogP contribution in [0.5, 0.6) is 5.75 Å². The van der Waals surface area contributed by atoms with Crippen molar-refractivity contribution in [2.75, 3.05) is 27.4 Å². The van der Waals surface area contributed by atoms with Crippen LogP contribution in [0.4, 0.5) is 9.59 Å². The molecule has 14 nitrogen and oxygen atoms in total. The third-order valence-electron chi connectivity index (χ3n) is 12.0. The number of imidazole rings is 2. The van der Waals surface area contributed by atoms with Crippen molar-refractivity contribution < 1.29 is 33.3 Å². The molecule has 4 aromatic rings. The fraction of sp³-hybridized carbons (Fsp3) is 0.523. The standard InChI is InChI=1S/C44H55N7O7/c1-23(2)37(49-42(53)56-8)41(52)51-24(3)9-14-34(51)40-46-32-13-11-26-17-31-29-12-10-27(16-28(29)22-57-36(31)18-30(26)38(32)48-40)33-19-45-39(47-33)35-15-25(21-55-7)20-50(35)43(54)58-44(4,5)6/h10,12,16-19,23-25,34-35,37H,9,11,13-15,20-22H2,1-8H3,(H,45,47)(H,46,48)(H,49,53)/t24-,25-,34-,35-,37-/m0/s1. The van der Waals surface area contributed by atoms with E-state index in [2.05, 4.69) is 52.5 Å². The molecule has 8 rings (SSSR count). The number of alkyl carbamates (subject to hydrolysis) is 1. The lowest BCUT2D eigenvalue weighted by Gasteiger charge is -2.32. The van der Waals surface area contributed by atoms with E-state index >= 15 is 0 Å². The van der Waals surface area contributed by atoms with Crippen LogP contribution in [0, 0.1) is 11.8 Å². The zero-order valence-electron chi connectivity index (χ0n) is 34.7. The topological polar surface area (TPSA) is 164 Å². The molecule has 2 aromatic carbocycles. The smallest absolute Gasteiger partial charge is 0.410 e. The van der Waals surface area contributed by atoms with Crippen LogP contribution in [0.25, 0.3) is 33.6 Å². The van der Waals surface area contributed by atoms with Crippen LogP contribution in [-0.2, 0) is 38.5 Å². The first-order chi connectivity index (χ1) is 27.7. The van der Waals surface area contributed by atoms with Crippen LogP contribution < -0.4 is 10.1 Å². The summed E-state index contributed by atoms with van der Waals surface area (Å²) in [6.45, 7) is 13.0. The zero-order chi connectivity index (χ0) is 41.0. The van der Waals surface area contributed by atoms with Crippen molar-refractivity contribution in [1.29, 1.82) is 0 Å². The Morgan fingerprint density at radius 2 is 1.79 bits per heavy atom. The number of ether oxygens (including phenoxy) is 4. The molecule has 2 aromatic heterocycles. The summed E-state index contributed by atoms with van der Waals surface area (Å²) < 4.78 is 22.5. The zero-order valence-corrected chi connectivity index (χ0v) is 34.7. The molecule has 2 fully saturated rings. The van der Waals surface area contributed by atoms with Gasteiger partial charge in [-0.1, -0.05) is 26.0 Å². The largest absolute Gasteiger partial charge is 0.488 e. The quantitative estimate of drug-likeness (QED) is 0.164. The first kappa shape index (κ1) is 39.5. The fourth-order valence-corrected chi connectivity index (χ4v) is 9.13. The molecule has 5 heterocycles. The Bertz CT molecular complexity index is 2220. The van der Waals surface area contributed by atoms with E-state index in [1.165, 1.54) is 12.7 Å². The van der Waals surface area contributed by atoms with Gasteiger partial charge in [-0.05, 0) is 106 Å². The van der Waals surface area contributed by atoms with Gasteiger partial charge in [0.2, 0.25) is 5.91 Å². The number of rotatable bonds is 8. The minimum Gasteiger partial charge on any atom is -0.488 e. The lowest BCUT2D eigenvalue weighted by atomic mass is 9.86. The van der Waals surface area contributed by atoms with Gasteiger partial charge >= 0.3 is 12.2 Å². The van der Waals surface area contributed by atoms with Gasteiger partial charge in [0, 0.05) is 42.4 Å². The lowest BCUT2D eigenvalue weighted by Crippen LogP contribution is -2.52. The highest BCUT2D eigenvalue weighted by Gasteiger charge is 2.43. The molecular weight excluding hydrogens is 739 g/mol. The monoisotopic (exact) mass is 793 g/mol. The molecule has 3 N–H and O–H groups in total. The molecule has 2 saturated heterocycles. The van der Waals surface area contributed by atoms with Crippen molar-refractivity contribution in [3.63, 3.8) is 0 Å². The van der Waals surface area contributed by atoms with Crippen molar-refractivity contribution in [2.45, 2.75) is 110 Å². The van der Waals surface area contributed by atoms with Gasteiger partial charge < -0.3 is 39.1 Å². The van der Waals surface area contributed by atoms with Gasteiger partial charge in [0.25, 0.3) is 0 Å². The van der Waals surface area contributed by atoms with Crippen LogP contribution in [-0.4, -0.2) is 92.9 Å². The number of benzene rings is 2. The third-order valence-corrected chi connectivity index (χ3v) is 12.0. The molecule has 0 spiro atoms. The highest BCUT2D eigenvalue weighted by Crippen LogP contribution is 2.46. The van der Waals surface area contributed by atoms with Gasteiger partial charge in [-0.15, -0.1) is 0 Å². The number of likely N-dealkylation sites (tertiary alicyclic amines) is 2. The number of aromatic nitrogens is 4. The predicted octanol–water partition coefficient (Wildman–Crippen LogP) is 7.50. The van der Waals surface area contributed by atoms with E-state index in [0.717, 1.165) is 94.4 Å². The number of amides is 3. The maximum absolute atomic E-state index is 14.0. The second-order valence-electron chi connectivity index (χ2n) is 17.5. The van der Waals surface area contributed by atoms with Crippen molar-refractivity contribution >= 4 is 18.1 Å². The van der Waals surface area contributed by atoms with E-state index < -0.39 is 17.7 Å². The summed E-state index contributed by atoms with van der Waals surface area (Å²) in [5, 5.41) is 2.75. The number of hydrogen-bond donors (Lipinski definition) is 3. The van der Waals surface area contributed by atoms with Gasteiger partial charge in [-0.3, -0.25) is 9.69 Å². The fourth-order valence-electron chi connectivity index (χ4n) is 9.13. The summed E-state index contributed by atoms with van der Waals surface area (Å²) in [5.41, 5.74) is 8.73. The number of aromatic amines is 2. The summed E-state index contributed by atoms with van der Waals surface area (Å²) in [5.74, 6) is 2.25. The van der Waals surface area contributed by atoms with Gasteiger partial charge in [0.15, 0.2) is 0 Å². The van der Waals surface area contributed by atoms with Gasteiger partial charge in [-0.2, -0.15) is 0 Å². The van der Waals surface area contributed by atoms with E-state index in [1.807, 2.05) is 45.7 Å². The van der Waals surface area contributed by atoms with E-state index in [4.69, 9.17) is 28.9 Å². The summed E-state index contributed by atoms with van der Waals surface area (Å²) >= 11 is 0. The Labute approximate surface area is 339 Å². The molecule has 0 unspecified atom stereocenters. The number of methoxy groups -OCH3 is 2. The molecule has 1 aliphatic carbocycles. The summed E-state index contributed by atoms with van der Waals surface area (Å²) in [4.78, 5) is 60.1. The minimum absolute atomic E-state index is 0.000371. The molecular formula is C44H55N7O7. The second-order valence-corrected chi connectivity index (χ2v) is 17.5. The van der Waals surface area contributed by atoms with Crippen LogP contribution in [0.1, 0.15) is 101 Å². The van der Waals surface area contributed by atoms with Crippen LogP contribution in [0.15, 0.2) is 36.5 Å². The number of H-pyrrole nitrogens is 2. The predicted molar refractivity (Wildman–Crippen MR) is 217 cm³/mol. The summed E-state index contributed by atoms with van der Waals surface area (Å²) in [6.07, 6.45) is 4.86. The highest BCUT2D eigenvalue weighted by molar-refractivity contribution is 5.87. The molecule has 4 aliphatic rings. The van der Waals surface area contributed by atoms with E-state index in [1.54, 1.807) is 12.0 Å². The second kappa shape index (κ2) is 15.4. The van der Waals surface area contributed by atoms with Crippen molar-refractivity contribution in [3.8, 4) is 39.4 Å². The number of fused-ring (bicyclic) bond motifs is 6. The third kappa shape index (κ3) is 7.42. The van der Waals surface area contributed by atoms with Gasteiger partial charge in [0.1, 0.15) is 35.6 Å². The first-order valence-corrected chi connectivity index (χ1v) is 20.5. The van der Waals surface area contributed by atoms with E-state index in [9.17, 15) is 14.4 Å². The summed E-state index contributed by atoms with van der Waals surface area (Å²) in [7, 11) is 2.99. The molecule has 3 amide bonds.